The van der Waals surface area contributed by atoms with Gasteiger partial charge in [0.15, 0.2) is 0 Å². The van der Waals surface area contributed by atoms with Gasteiger partial charge in [0, 0.05) is 0 Å². The van der Waals surface area contributed by atoms with Gasteiger partial charge in [0.05, 0.1) is 25.9 Å². The summed E-state index contributed by atoms with van der Waals surface area (Å²) >= 11 is 0. The molecule has 1 aromatic carbocycles. The van der Waals surface area contributed by atoms with Crippen LogP contribution in [0.4, 0.5) is 0 Å². The van der Waals surface area contributed by atoms with Crippen molar-refractivity contribution in [2.45, 2.75) is 64.3 Å². The molecule has 2 heterocycles. The molecular weight excluding hydrogens is 304 g/mol. The van der Waals surface area contributed by atoms with Crippen LogP contribution in [-0.4, -0.2) is 44.7 Å². The molecule has 2 aliphatic rings. The zero-order valence-electron chi connectivity index (χ0n) is 15.1. The van der Waals surface area contributed by atoms with Crippen molar-refractivity contribution in [1.29, 1.82) is 0 Å². The topological polar surface area (TPSA) is 43.5 Å². The summed E-state index contributed by atoms with van der Waals surface area (Å²) in [4.78, 5) is 0. The van der Waals surface area contributed by atoms with Gasteiger partial charge in [-0.3, -0.25) is 0 Å². The summed E-state index contributed by atoms with van der Waals surface area (Å²) in [6.45, 7) is 7.69. The van der Waals surface area contributed by atoms with Gasteiger partial charge < -0.3 is 18.9 Å². The Bertz CT molecular complexity index is 415. The van der Waals surface area contributed by atoms with E-state index < -0.39 is 0 Å². The minimum atomic E-state index is 0.343. The third-order valence-electron chi connectivity index (χ3n) is 4.09. The second kappa shape index (κ2) is 11.5. The van der Waals surface area contributed by atoms with E-state index in [1.54, 1.807) is 0 Å². The van der Waals surface area contributed by atoms with Crippen LogP contribution in [0.15, 0.2) is 30.3 Å². The second-order valence-corrected chi connectivity index (χ2v) is 6.39. The Hall–Kier alpha value is -1.10. The number of hydrogen-bond donors (Lipinski definition) is 0. The standard InChI is InChI=1S/C11H22O2.C9H10O2/c1-3-5-6-7-10(4-2)12-8-11-9-13-11;1-2-4-8(5-3-1)10-6-9-7-11-9/h10-11H,3-9H2,1-2H3;1-5,9H,6-7H2. The fraction of sp³-hybridized carbons (Fsp3) is 0.700. The van der Waals surface area contributed by atoms with E-state index in [1.807, 2.05) is 30.3 Å². The molecule has 3 atom stereocenters. The summed E-state index contributed by atoms with van der Waals surface area (Å²) in [5, 5.41) is 0. The van der Waals surface area contributed by atoms with E-state index in [0.29, 0.717) is 24.9 Å². The molecule has 3 unspecified atom stereocenters. The molecule has 24 heavy (non-hydrogen) atoms. The molecule has 0 saturated carbocycles. The molecule has 2 aliphatic heterocycles. The van der Waals surface area contributed by atoms with Crippen LogP contribution in [0.5, 0.6) is 5.75 Å². The number of rotatable bonds is 11. The van der Waals surface area contributed by atoms with E-state index in [2.05, 4.69) is 13.8 Å². The normalized spacial score (nSPS) is 22.2. The number of ether oxygens (including phenoxy) is 4. The Morgan fingerprint density at radius 3 is 2.25 bits per heavy atom. The van der Waals surface area contributed by atoms with Crippen molar-refractivity contribution in [3.8, 4) is 5.75 Å². The van der Waals surface area contributed by atoms with Crippen LogP contribution in [-0.2, 0) is 14.2 Å². The van der Waals surface area contributed by atoms with E-state index in [9.17, 15) is 0 Å². The predicted octanol–water partition coefficient (Wildman–Crippen LogP) is 4.22. The Morgan fingerprint density at radius 1 is 1.00 bits per heavy atom. The maximum Gasteiger partial charge on any atom is 0.119 e. The smallest absolute Gasteiger partial charge is 0.119 e. The van der Waals surface area contributed by atoms with Gasteiger partial charge in [-0.2, -0.15) is 0 Å². The van der Waals surface area contributed by atoms with Gasteiger partial charge in [0.1, 0.15) is 24.6 Å². The molecule has 4 nitrogen and oxygen atoms in total. The molecule has 0 N–H and O–H groups in total. The highest BCUT2D eigenvalue weighted by Gasteiger charge is 2.24. The molecule has 0 amide bonds. The summed E-state index contributed by atoms with van der Waals surface area (Å²) in [6.07, 6.45) is 7.52. The Balaban J connectivity index is 0.000000175. The fourth-order valence-corrected chi connectivity index (χ4v) is 2.31. The van der Waals surface area contributed by atoms with Crippen molar-refractivity contribution < 1.29 is 18.9 Å². The average Bonchev–Trinajstić information content (AvgIpc) is 3.52. The van der Waals surface area contributed by atoms with Crippen LogP contribution in [0.3, 0.4) is 0 Å². The zero-order chi connectivity index (χ0) is 17.0. The second-order valence-electron chi connectivity index (χ2n) is 6.39. The first-order valence-corrected chi connectivity index (χ1v) is 9.34. The van der Waals surface area contributed by atoms with Gasteiger partial charge in [0.25, 0.3) is 0 Å². The lowest BCUT2D eigenvalue weighted by Crippen LogP contribution is -2.15. The van der Waals surface area contributed by atoms with E-state index in [-0.39, 0.29) is 0 Å². The molecule has 4 heteroatoms. The first-order valence-electron chi connectivity index (χ1n) is 9.34. The minimum Gasteiger partial charge on any atom is -0.491 e. The summed E-state index contributed by atoms with van der Waals surface area (Å²) in [6, 6.07) is 9.79. The third kappa shape index (κ3) is 9.26. The predicted molar refractivity (Wildman–Crippen MR) is 95.6 cm³/mol. The Kier molecular flexibility index (Phi) is 9.18. The van der Waals surface area contributed by atoms with Crippen LogP contribution < -0.4 is 4.74 Å². The Morgan fingerprint density at radius 2 is 1.67 bits per heavy atom. The number of hydrogen-bond acceptors (Lipinski definition) is 4. The first-order chi connectivity index (χ1) is 11.8. The lowest BCUT2D eigenvalue weighted by atomic mass is 10.1. The van der Waals surface area contributed by atoms with Crippen LogP contribution in [0.25, 0.3) is 0 Å². The molecule has 0 aromatic heterocycles. The lowest BCUT2D eigenvalue weighted by Gasteiger charge is -2.14. The highest BCUT2D eigenvalue weighted by Crippen LogP contribution is 2.15. The van der Waals surface area contributed by atoms with Crippen molar-refractivity contribution in [1.82, 2.24) is 0 Å². The van der Waals surface area contributed by atoms with Crippen molar-refractivity contribution in [2.75, 3.05) is 26.4 Å². The van der Waals surface area contributed by atoms with Gasteiger partial charge in [-0.1, -0.05) is 51.3 Å². The number of para-hydroxylation sites is 1. The monoisotopic (exact) mass is 336 g/mol. The molecule has 0 spiro atoms. The molecule has 0 bridgehead atoms. The summed E-state index contributed by atoms with van der Waals surface area (Å²) in [5.74, 6) is 0.919. The highest BCUT2D eigenvalue weighted by atomic mass is 16.6. The molecule has 1 aromatic rings. The summed E-state index contributed by atoms with van der Waals surface area (Å²) in [7, 11) is 0. The van der Waals surface area contributed by atoms with Crippen LogP contribution >= 0.6 is 0 Å². The molecule has 2 saturated heterocycles. The lowest BCUT2D eigenvalue weighted by molar-refractivity contribution is 0.0335. The molecule has 136 valence electrons. The van der Waals surface area contributed by atoms with Gasteiger partial charge >= 0.3 is 0 Å². The average molecular weight is 336 g/mol. The number of unbranched alkanes of at least 4 members (excludes halogenated alkanes) is 2. The van der Waals surface area contributed by atoms with Gasteiger partial charge in [-0.05, 0) is 25.0 Å². The van der Waals surface area contributed by atoms with Crippen LogP contribution in [0.1, 0.15) is 46.0 Å². The summed E-state index contributed by atoms with van der Waals surface area (Å²) < 4.78 is 21.3. The highest BCUT2D eigenvalue weighted by molar-refractivity contribution is 5.20. The molecule has 2 fully saturated rings. The van der Waals surface area contributed by atoms with Crippen molar-refractivity contribution in [3.63, 3.8) is 0 Å². The van der Waals surface area contributed by atoms with Gasteiger partial charge in [-0.15, -0.1) is 0 Å². The number of benzene rings is 1. The summed E-state index contributed by atoms with van der Waals surface area (Å²) in [5.41, 5.74) is 0. The molecule has 0 radical (unpaired) electrons. The largest absolute Gasteiger partial charge is 0.491 e. The molecule has 3 rings (SSSR count). The maximum absolute atomic E-state index is 5.74. The van der Waals surface area contributed by atoms with Crippen LogP contribution in [0, 0.1) is 0 Å². The fourth-order valence-electron chi connectivity index (χ4n) is 2.31. The quantitative estimate of drug-likeness (QED) is 0.448. The van der Waals surface area contributed by atoms with Gasteiger partial charge in [-0.25, -0.2) is 0 Å². The van der Waals surface area contributed by atoms with E-state index >= 15 is 0 Å². The van der Waals surface area contributed by atoms with Crippen molar-refractivity contribution in [2.24, 2.45) is 0 Å². The maximum atomic E-state index is 5.74. The minimum absolute atomic E-state index is 0.343. The van der Waals surface area contributed by atoms with E-state index in [1.165, 1.54) is 25.7 Å². The van der Waals surface area contributed by atoms with E-state index in [0.717, 1.165) is 32.0 Å². The van der Waals surface area contributed by atoms with Crippen molar-refractivity contribution in [3.05, 3.63) is 30.3 Å². The van der Waals surface area contributed by atoms with Crippen LogP contribution in [0.2, 0.25) is 0 Å². The SMILES string of the molecule is CCCCCC(CC)OCC1CO1.c1ccc(OCC2CO2)cc1. The van der Waals surface area contributed by atoms with Gasteiger partial charge in [0.2, 0.25) is 0 Å². The zero-order valence-corrected chi connectivity index (χ0v) is 15.1. The Labute approximate surface area is 146 Å². The van der Waals surface area contributed by atoms with Crippen molar-refractivity contribution >= 4 is 0 Å². The van der Waals surface area contributed by atoms with E-state index in [4.69, 9.17) is 18.9 Å². The third-order valence-corrected chi connectivity index (χ3v) is 4.09. The number of epoxide rings is 2. The first kappa shape index (κ1) is 19.2. The molecule has 0 aliphatic carbocycles. The molecular formula is C20H32O4.